The minimum Gasteiger partial charge on any atom is -0.309 e. The van der Waals surface area contributed by atoms with Crippen LogP contribution < -0.4 is 0 Å². The number of fused-ring (bicyclic) bond motifs is 14. The monoisotopic (exact) mass is 787 g/mol. The molecular formula is C59H37N3. The Labute approximate surface area is 359 Å². The third-order valence-electron chi connectivity index (χ3n) is 13.2. The maximum atomic E-state index is 5.31. The van der Waals surface area contributed by atoms with Gasteiger partial charge < -0.3 is 4.57 Å². The van der Waals surface area contributed by atoms with Crippen LogP contribution in [0.1, 0.15) is 22.3 Å². The van der Waals surface area contributed by atoms with E-state index in [-0.39, 0.29) is 0 Å². The molecule has 0 radical (unpaired) electrons. The third-order valence-corrected chi connectivity index (χ3v) is 13.2. The van der Waals surface area contributed by atoms with Gasteiger partial charge in [-0.25, -0.2) is 9.97 Å². The van der Waals surface area contributed by atoms with E-state index < -0.39 is 5.41 Å². The molecule has 13 rings (SSSR count). The molecule has 0 fully saturated rings. The average Bonchev–Trinajstić information content (AvgIpc) is 3.96. The number of nitrogens with zero attached hydrogens (tertiary/aromatic N) is 3. The van der Waals surface area contributed by atoms with E-state index in [1.165, 1.54) is 71.9 Å². The Morgan fingerprint density at radius 2 is 0.855 bits per heavy atom. The van der Waals surface area contributed by atoms with E-state index in [0.29, 0.717) is 5.82 Å². The summed E-state index contributed by atoms with van der Waals surface area (Å²) in [5.41, 5.74) is 20.7. The summed E-state index contributed by atoms with van der Waals surface area (Å²) in [4.78, 5) is 10.6. The highest BCUT2D eigenvalue weighted by Gasteiger charge is 2.52. The number of benzene rings is 9. The van der Waals surface area contributed by atoms with Gasteiger partial charge in [-0.1, -0.05) is 200 Å². The molecule has 2 aromatic heterocycles. The van der Waals surface area contributed by atoms with Crippen molar-refractivity contribution in [2.24, 2.45) is 0 Å². The van der Waals surface area contributed by atoms with Crippen molar-refractivity contribution in [3.05, 3.63) is 247 Å². The molecule has 9 aromatic carbocycles. The van der Waals surface area contributed by atoms with Crippen LogP contribution in [0.2, 0.25) is 0 Å². The predicted octanol–water partition coefficient (Wildman–Crippen LogP) is 14.6. The maximum absolute atomic E-state index is 5.31. The largest absolute Gasteiger partial charge is 0.309 e. The summed E-state index contributed by atoms with van der Waals surface area (Å²) in [6.45, 7) is 0. The Morgan fingerprint density at radius 1 is 0.339 bits per heavy atom. The molecule has 0 aliphatic heterocycles. The van der Waals surface area contributed by atoms with Gasteiger partial charge in [0.05, 0.1) is 27.8 Å². The number of aromatic nitrogens is 3. The van der Waals surface area contributed by atoms with Crippen LogP contribution >= 0.6 is 0 Å². The van der Waals surface area contributed by atoms with Crippen LogP contribution in [-0.2, 0) is 5.41 Å². The molecule has 0 bridgehead atoms. The van der Waals surface area contributed by atoms with E-state index in [4.69, 9.17) is 9.97 Å². The number of para-hydroxylation sites is 1. The zero-order chi connectivity index (χ0) is 40.8. The van der Waals surface area contributed by atoms with Gasteiger partial charge in [0.15, 0.2) is 5.82 Å². The fourth-order valence-electron chi connectivity index (χ4n) is 10.6. The van der Waals surface area contributed by atoms with E-state index in [0.717, 1.165) is 39.3 Å². The molecule has 3 nitrogen and oxygen atoms in total. The first kappa shape index (κ1) is 34.7. The smallest absolute Gasteiger partial charge is 0.160 e. The standard InChI is InChI=1S/C59H37N3/c1-3-16-38(17-4-1)39-30-32-41(33-31-39)54-37-53(40-18-5-2-6-19-40)60-58(61-54)42-20-15-21-43(36-42)62-55-29-14-10-24-46(55)47-34-35-52-56(57(47)62)48-25-9-13-28-51(48)59(52)49-26-11-7-22-44(49)45-23-8-12-27-50(45)59/h1-37H. The zero-order valence-electron chi connectivity index (χ0n) is 33.7. The normalized spacial score (nSPS) is 13.0. The summed E-state index contributed by atoms with van der Waals surface area (Å²) >= 11 is 0. The lowest BCUT2D eigenvalue weighted by molar-refractivity contribution is 0.794. The van der Waals surface area contributed by atoms with Crippen LogP contribution in [0.5, 0.6) is 0 Å². The molecule has 1 spiro atoms. The number of hydrogen-bond acceptors (Lipinski definition) is 2. The Morgan fingerprint density at radius 3 is 1.55 bits per heavy atom. The lowest BCUT2D eigenvalue weighted by Crippen LogP contribution is -2.25. The second kappa shape index (κ2) is 13.4. The molecule has 0 N–H and O–H groups in total. The first-order chi connectivity index (χ1) is 30.8. The minimum atomic E-state index is -0.433. The summed E-state index contributed by atoms with van der Waals surface area (Å²) in [7, 11) is 0. The van der Waals surface area contributed by atoms with Gasteiger partial charge in [-0.3, -0.25) is 0 Å². The highest BCUT2D eigenvalue weighted by atomic mass is 15.0. The fraction of sp³-hybridized carbons (Fsp3) is 0.0169. The van der Waals surface area contributed by atoms with E-state index in [2.05, 4.69) is 223 Å². The van der Waals surface area contributed by atoms with Gasteiger partial charge >= 0.3 is 0 Å². The molecule has 2 aliphatic carbocycles. The molecule has 0 unspecified atom stereocenters. The Bertz CT molecular complexity index is 3520. The van der Waals surface area contributed by atoms with Crippen molar-refractivity contribution in [1.82, 2.24) is 14.5 Å². The van der Waals surface area contributed by atoms with Crippen LogP contribution in [-0.4, -0.2) is 14.5 Å². The first-order valence-electron chi connectivity index (χ1n) is 21.3. The quantitative estimate of drug-likeness (QED) is 0.174. The van der Waals surface area contributed by atoms with Gasteiger partial charge in [0.2, 0.25) is 0 Å². The van der Waals surface area contributed by atoms with Crippen molar-refractivity contribution in [3.8, 4) is 73.0 Å². The van der Waals surface area contributed by atoms with Crippen LogP contribution in [0, 0.1) is 0 Å². The Kier molecular flexibility index (Phi) is 7.52. The molecule has 2 heterocycles. The summed E-state index contributed by atoms with van der Waals surface area (Å²) in [5.74, 6) is 0.685. The zero-order valence-corrected chi connectivity index (χ0v) is 33.7. The topological polar surface area (TPSA) is 30.7 Å². The lowest BCUT2D eigenvalue weighted by atomic mass is 9.70. The molecular weight excluding hydrogens is 751 g/mol. The molecule has 288 valence electrons. The Hall–Kier alpha value is -8.14. The van der Waals surface area contributed by atoms with Crippen LogP contribution in [0.15, 0.2) is 224 Å². The Balaban J connectivity index is 1.04. The number of hydrogen-bond donors (Lipinski definition) is 0. The summed E-state index contributed by atoms with van der Waals surface area (Å²) in [6.07, 6.45) is 0. The summed E-state index contributed by atoms with van der Waals surface area (Å²) in [6, 6.07) is 81.3. The molecule has 11 aromatic rings. The second-order valence-electron chi connectivity index (χ2n) is 16.4. The van der Waals surface area contributed by atoms with Crippen LogP contribution in [0.25, 0.3) is 94.8 Å². The molecule has 0 saturated carbocycles. The minimum absolute atomic E-state index is 0.433. The van der Waals surface area contributed by atoms with Crippen molar-refractivity contribution in [2.75, 3.05) is 0 Å². The van der Waals surface area contributed by atoms with Crippen molar-refractivity contribution in [2.45, 2.75) is 5.41 Å². The van der Waals surface area contributed by atoms with Gasteiger partial charge in [0.25, 0.3) is 0 Å². The lowest BCUT2D eigenvalue weighted by Gasteiger charge is -2.30. The van der Waals surface area contributed by atoms with E-state index in [1.54, 1.807) is 0 Å². The molecule has 3 heteroatoms. The average molecular weight is 788 g/mol. The van der Waals surface area contributed by atoms with Crippen LogP contribution in [0.4, 0.5) is 0 Å². The molecule has 62 heavy (non-hydrogen) atoms. The SMILES string of the molecule is c1ccc(-c2ccc(-c3cc(-c4ccccc4)nc(-c4cccc(-n5c6ccccc6c6ccc7c(c65)-c5ccccc5C75c6ccccc6-c6ccccc65)c4)n3)cc2)cc1. The van der Waals surface area contributed by atoms with Gasteiger partial charge in [-0.05, 0) is 74.3 Å². The molecule has 2 aliphatic rings. The van der Waals surface area contributed by atoms with Crippen molar-refractivity contribution >= 4 is 21.8 Å². The van der Waals surface area contributed by atoms with E-state index >= 15 is 0 Å². The molecule has 0 amide bonds. The second-order valence-corrected chi connectivity index (χ2v) is 16.4. The van der Waals surface area contributed by atoms with Gasteiger partial charge in [0.1, 0.15) is 0 Å². The third kappa shape index (κ3) is 4.94. The summed E-state index contributed by atoms with van der Waals surface area (Å²) < 4.78 is 2.49. The van der Waals surface area contributed by atoms with E-state index in [1.807, 2.05) is 6.07 Å². The maximum Gasteiger partial charge on any atom is 0.160 e. The van der Waals surface area contributed by atoms with Crippen LogP contribution in [0.3, 0.4) is 0 Å². The number of rotatable bonds is 5. The van der Waals surface area contributed by atoms with Gasteiger partial charge in [-0.15, -0.1) is 0 Å². The highest BCUT2D eigenvalue weighted by Crippen LogP contribution is 2.64. The predicted molar refractivity (Wildman–Crippen MR) is 254 cm³/mol. The highest BCUT2D eigenvalue weighted by molar-refractivity contribution is 6.16. The van der Waals surface area contributed by atoms with Gasteiger partial charge in [-0.2, -0.15) is 0 Å². The van der Waals surface area contributed by atoms with E-state index in [9.17, 15) is 0 Å². The summed E-state index contributed by atoms with van der Waals surface area (Å²) in [5, 5.41) is 2.46. The molecule has 0 atom stereocenters. The van der Waals surface area contributed by atoms with Crippen molar-refractivity contribution in [1.29, 1.82) is 0 Å². The fourth-order valence-corrected chi connectivity index (χ4v) is 10.6. The van der Waals surface area contributed by atoms with Crippen molar-refractivity contribution in [3.63, 3.8) is 0 Å². The van der Waals surface area contributed by atoms with Crippen molar-refractivity contribution < 1.29 is 0 Å². The van der Waals surface area contributed by atoms with Gasteiger partial charge in [0, 0.05) is 38.7 Å². The molecule has 0 saturated heterocycles. The first-order valence-corrected chi connectivity index (χ1v) is 21.3.